The van der Waals surface area contributed by atoms with E-state index < -0.39 is 0 Å². The van der Waals surface area contributed by atoms with Crippen molar-refractivity contribution in [1.82, 2.24) is 9.13 Å². The molecule has 0 saturated carbocycles. The van der Waals surface area contributed by atoms with Crippen molar-refractivity contribution in [3.05, 3.63) is 110 Å². The second kappa shape index (κ2) is 7.19. The Labute approximate surface area is 161 Å². The molecule has 28 heavy (non-hydrogen) atoms. The molecule has 0 aliphatic carbocycles. The van der Waals surface area contributed by atoms with Crippen LogP contribution in [0.4, 0.5) is 0 Å². The third-order valence-corrected chi connectivity index (χ3v) is 4.93. The Bertz CT molecular complexity index is 1260. The molecule has 4 rings (SSSR count). The fourth-order valence-electron chi connectivity index (χ4n) is 3.48. The summed E-state index contributed by atoms with van der Waals surface area (Å²) in [7, 11) is 0. The van der Waals surface area contributed by atoms with Crippen molar-refractivity contribution in [3.63, 3.8) is 0 Å². The van der Waals surface area contributed by atoms with Crippen molar-refractivity contribution in [1.29, 1.82) is 0 Å². The average molecular weight is 372 g/mol. The van der Waals surface area contributed by atoms with E-state index in [4.69, 9.17) is 0 Å². The van der Waals surface area contributed by atoms with E-state index in [0.717, 1.165) is 22.9 Å². The summed E-state index contributed by atoms with van der Waals surface area (Å²) in [5.74, 6) is -0.281. The van der Waals surface area contributed by atoms with Crippen molar-refractivity contribution in [2.45, 2.75) is 20.0 Å². The van der Waals surface area contributed by atoms with Gasteiger partial charge >= 0.3 is 0 Å². The Balaban J connectivity index is 1.91. The second-order valence-electron chi connectivity index (χ2n) is 6.86. The lowest BCUT2D eigenvalue weighted by Crippen LogP contribution is -2.27. The molecule has 4 aromatic rings. The topological polar surface area (TPSA) is 64.2 Å². The first-order chi connectivity index (χ1) is 13.5. The zero-order valence-electron chi connectivity index (χ0n) is 15.5. The zero-order chi connectivity index (χ0) is 19.7. The van der Waals surface area contributed by atoms with Crippen LogP contribution < -0.4 is 11.1 Å². The molecule has 0 amide bonds. The molecule has 0 unspecified atom stereocenters. The van der Waals surface area contributed by atoms with Gasteiger partial charge in [0.25, 0.3) is 11.1 Å². The highest BCUT2D eigenvalue weighted by Crippen LogP contribution is 2.21. The van der Waals surface area contributed by atoms with Crippen LogP contribution >= 0.6 is 0 Å². The van der Waals surface area contributed by atoms with Crippen molar-refractivity contribution in [2.75, 3.05) is 0 Å². The predicted octanol–water partition coefficient (Wildman–Crippen LogP) is 3.27. The fraction of sp³-hybridized carbons (Fsp3) is 0.130. The summed E-state index contributed by atoms with van der Waals surface area (Å²) < 4.78 is 3.15. The van der Waals surface area contributed by atoms with Crippen LogP contribution in [0.5, 0.6) is 5.75 Å². The molecule has 2 aromatic heterocycles. The van der Waals surface area contributed by atoms with E-state index in [2.05, 4.69) is 0 Å². The number of hydrogen-bond acceptors (Lipinski definition) is 3. The van der Waals surface area contributed by atoms with Crippen LogP contribution in [0, 0.1) is 6.92 Å². The van der Waals surface area contributed by atoms with Gasteiger partial charge in [0.2, 0.25) is 0 Å². The lowest BCUT2D eigenvalue weighted by atomic mass is 10.1. The molecule has 0 fully saturated rings. The minimum absolute atomic E-state index is 0.164. The summed E-state index contributed by atoms with van der Waals surface area (Å²) in [6, 6.07) is 22.2. The summed E-state index contributed by atoms with van der Waals surface area (Å²) >= 11 is 0. The van der Waals surface area contributed by atoms with E-state index in [1.54, 1.807) is 10.6 Å². The molecule has 2 aromatic carbocycles. The van der Waals surface area contributed by atoms with Crippen molar-refractivity contribution >= 4 is 10.9 Å². The number of fused-ring (bicyclic) bond motifs is 1. The summed E-state index contributed by atoms with van der Waals surface area (Å²) in [4.78, 5) is 25.7. The van der Waals surface area contributed by atoms with E-state index in [1.807, 2.05) is 67.6 Å². The molecule has 5 nitrogen and oxygen atoms in total. The second-order valence-corrected chi connectivity index (χ2v) is 6.86. The Hall–Kier alpha value is -3.60. The maximum atomic E-state index is 13.2. The van der Waals surface area contributed by atoms with Crippen LogP contribution in [0.1, 0.15) is 16.8 Å². The molecule has 0 bridgehead atoms. The first kappa shape index (κ1) is 17.8. The molecule has 0 radical (unpaired) electrons. The van der Waals surface area contributed by atoms with Crippen LogP contribution in [0.15, 0.2) is 82.4 Å². The summed E-state index contributed by atoms with van der Waals surface area (Å²) in [5.41, 5.74) is 2.47. The molecule has 140 valence electrons. The van der Waals surface area contributed by atoms with Crippen molar-refractivity contribution < 1.29 is 5.11 Å². The van der Waals surface area contributed by atoms with E-state index in [1.165, 1.54) is 4.57 Å². The summed E-state index contributed by atoms with van der Waals surface area (Å²) in [5, 5.41) is 10.5. The third-order valence-electron chi connectivity index (χ3n) is 4.93. The maximum absolute atomic E-state index is 13.2. The quantitative estimate of drug-likeness (QED) is 0.598. The molecule has 5 heteroatoms. The minimum Gasteiger partial charge on any atom is -0.507 e. The number of benzene rings is 2. The molecular formula is C23H20N2O3. The Kier molecular flexibility index (Phi) is 4.57. The highest BCUT2D eigenvalue weighted by molar-refractivity contribution is 5.84. The van der Waals surface area contributed by atoms with Gasteiger partial charge in [-0.25, -0.2) is 0 Å². The Morgan fingerprint density at radius 2 is 1.32 bits per heavy atom. The molecule has 0 atom stereocenters. The minimum atomic E-state index is -0.339. The van der Waals surface area contributed by atoms with Gasteiger partial charge in [0.15, 0.2) is 0 Å². The van der Waals surface area contributed by atoms with Gasteiger partial charge < -0.3 is 14.2 Å². The van der Waals surface area contributed by atoms with Gasteiger partial charge in [0, 0.05) is 11.8 Å². The van der Waals surface area contributed by atoms with Crippen molar-refractivity contribution in [2.24, 2.45) is 0 Å². The average Bonchev–Trinajstić information content (AvgIpc) is 2.69. The number of pyridine rings is 2. The number of aromatic hydroxyl groups is 1. The van der Waals surface area contributed by atoms with Gasteiger partial charge in [0.05, 0.1) is 18.6 Å². The summed E-state index contributed by atoms with van der Waals surface area (Å²) in [6.07, 6.45) is 0. The van der Waals surface area contributed by atoms with Crippen LogP contribution in [0.3, 0.4) is 0 Å². The van der Waals surface area contributed by atoms with E-state index >= 15 is 0 Å². The highest BCUT2D eigenvalue weighted by atomic mass is 16.3. The van der Waals surface area contributed by atoms with Gasteiger partial charge in [-0.05, 0) is 24.1 Å². The SMILES string of the molecule is Cc1cc2c(c(O)cc(=O)n2Cc2ccccc2)c(=O)n1Cc1ccccc1. The lowest BCUT2D eigenvalue weighted by Gasteiger charge is -2.16. The number of rotatable bonds is 4. The molecule has 0 saturated heterocycles. The maximum Gasteiger partial charge on any atom is 0.264 e. The Morgan fingerprint density at radius 3 is 1.89 bits per heavy atom. The highest BCUT2D eigenvalue weighted by Gasteiger charge is 2.16. The monoisotopic (exact) mass is 372 g/mol. The van der Waals surface area contributed by atoms with Gasteiger partial charge in [0.1, 0.15) is 11.1 Å². The first-order valence-corrected chi connectivity index (χ1v) is 9.09. The van der Waals surface area contributed by atoms with E-state index in [-0.39, 0.29) is 22.3 Å². The van der Waals surface area contributed by atoms with Gasteiger partial charge in [-0.2, -0.15) is 0 Å². The van der Waals surface area contributed by atoms with Crippen LogP contribution in [-0.2, 0) is 13.1 Å². The summed E-state index contributed by atoms with van der Waals surface area (Å²) in [6.45, 7) is 2.57. The molecule has 0 aliphatic rings. The largest absolute Gasteiger partial charge is 0.507 e. The smallest absolute Gasteiger partial charge is 0.264 e. The third kappa shape index (κ3) is 3.22. The molecule has 0 aliphatic heterocycles. The van der Waals surface area contributed by atoms with E-state index in [9.17, 15) is 14.7 Å². The number of aromatic nitrogens is 2. The number of aryl methyl sites for hydroxylation is 1. The molecular weight excluding hydrogens is 352 g/mol. The standard InChI is InChI=1S/C23H20N2O3/c1-16-12-19-22(23(28)24(16)14-17-8-4-2-5-9-17)20(26)13-21(27)25(19)15-18-10-6-3-7-11-18/h2-13,26H,14-15H2,1H3. The normalized spacial score (nSPS) is 11.0. The van der Waals surface area contributed by atoms with Gasteiger partial charge in [-0.15, -0.1) is 0 Å². The number of hydrogen-bond donors (Lipinski definition) is 1. The van der Waals surface area contributed by atoms with E-state index in [0.29, 0.717) is 18.6 Å². The molecule has 1 N–H and O–H groups in total. The van der Waals surface area contributed by atoms with Gasteiger partial charge in [-0.1, -0.05) is 60.7 Å². The first-order valence-electron chi connectivity index (χ1n) is 9.09. The Morgan fingerprint density at radius 1 is 0.786 bits per heavy atom. The number of nitrogens with zero attached hydrogens (tertiary/aromatic N) is 2. The van der Waals surface area contributed by atoms with Gasteiger partial charge in [-0.3, -0.25) is 9.59 Å². The van der Waals surface area contributed by atoms with Crippen LogP contribution in [-0.4, -0.2) is 14.2 Å². The van der Waals surface area contributed by atoms with Crippen LogP contribution in [0.25, 0.3) is 10.9 Å². The van der Waals surface area contributed by atoms with Crippen LogP contribution in [0.2, 0.25) is 0 Å². The lowest BCUT2D eigenvalue weighted by molar-refractivity contribution is 0.478. The predicted molar refractivity (Wildman–Crippen MR) is 110 cm³/mol. The van der Waals surface area contributed by atoms with Crippen molar-refractivity contribution in [3.8, 4) is 5.75 Å². The molecule has 0 spiro atoms. The fourth-order valence-corrected chi connectivity index (χ4v) is 3.48. The zero-order valence-corrected chi connectivity index (χ0v) is 15.5. The molecule has 2 heterocycles.